The molecule has 0 bridgehead atoms. The van der Waals surface area contributed by atoms with Crippen molar-refractivity contribution in [3.63, 3.8) is 0 Å². The minimum Gasteiger partial charge on any atom is -0.455 e. The molecule has 2 heteroatoms. The third kappa shape index (κ3) is 5.02. The van der Waals surface area contributed by atoms with E-state index in [-0.39, 0.29) is 5.41 Å². The molecule has 1 aromatic heterocycles. The lowest BCUT2D eigenvalue weighted by atomic mass is 9.82. The standard InChI is InChI=1S/C51H37NO/c1-51(2)45-24-11-9-19-40(45)41-32-31-38(33-46(41)51)52(37-17-7-4-8-18-37)47-25-14-21-39(36-29-27-35(28-30-36)34-15-5-3-6-16-34)49(47)44-23-13-22-43-42-20-10-12-26-48(42)53-50(43)44/h3-33H,1-2H3. The van der Waals surface area contributed by atoms with E-state index in [4.69, 9.17) is 4.42 Å². The Morgan fingerprint density at radius 2 is 1.02 bits per heavy atom. The fourth-order valence-electron chi connectivity index (χ4n) is 8.50. The molecule has 0 saturated heterocycles. The Labute approximate surface area is 310 Å². The summed E-state index contributed by atoms with van der Waals surface area (Å²) in [6.45, 7) is 4.70. The Balaban J connectivity index is 1.24. The molecule has 10 rings (SSSR count). The van der Waals surface area contributed by atoms with Gasteiger partial charge in [0.05, 0.1) is 5.69 Å². The molecule has 1 aliphatic rings. The average Bonchev–Trinajstić information content (AvgIpc) is 3.71. The zero-order chi connectivity index (χ0) is 35.5. The summed E-state index contributed by atoms with van der Waals surface area (Å²) in [7, 11) is 0. The first kappa shape index (κ1) is 31.1. The van der Waals surface area contributed by atoms with Crippen LogP contribution in [0, 0.1) is 0 Å². The van der Waals surface area contributed by atoms with Gasteiger partial charge in [-0.25, -0.2) is 0 Å². The van der Waals surface area contributed by atoms with Gasteiger partial charge in [0, 0.05) is 38.7 Å². The Hall–Kier alpha value is -6.64. The fraction of sp³-hybridized carbons (Fsp3) is 0.0588. The highest BCUT2D eigenvalue weighted by Crippen LogP contribution is 2.52. The number of furan rings is 1. The third-order valence-corrected chi connectivity index (χ3v) is 11.1. The molecule has 0 spiro atoms. The molecule has 8 aromatic carbocycles. The van der Waals surface area contributed by atoms with E-state index in [1.54, 1.807) is 0 Å². The predicted molar refractivity (Wildman–Crippen MR) is 222 cm³/mol. The van der Waals surface area contributed by atoms with Crippen LogP contribution in [0.5, 0.6) is 0 Å². The van der Waals surface area contributed by atoms with Crippen LogP contribution in [-0.2, 0) is 5.41 Å². The minimum absolute atomic E-state index is 0.130. The molecule has 2 nitrogen and oxygen atoms in total. The average molecular weight is 680 g/mol. The second-order valence-electron chi connectivity index (χ2n) is 14.5. The summed E-state index contributed by atoms with van der Waals surface area (Å²) in [6.07, 6.45) is 0. The Morgan fingerprint density at radius 1 is 0.415 bits per heavy atom. The van der Waals surface area contributed by atoms with Gasteiger partial charge in [-0.3, -0.25) is 0 Å². The number of hydrogen-bond acceptors (Lipinski definition) is 2. The van der Waals surface area contributed by atoms with E-state index in [1.165, 1.54) is 33.4 Å². The maximum atomic E-state index is 6.76. The molecule has 0 saturated carbocycles. The SMILES string of the molecule is CC1(C)c2ccccc2-c2ccc(N(c3ccccc3)c3cccc(-c4ccc(-c5ccccc5)cc4)c3-c3cccc4c3oc3ccccc34)cc21. The van der Waals surface area contributed by atoms with Crippen LogP contribution in [0.4, 0.5) is 17.1 Å². The van der Waals surface area contributed by atoms with Crippen LogP contribution in [0.2, 0.25) is 0 Å². The van der Waals surface area contributed by atoms with Crippen LogP contribution in [0.1, 0.15) is 25.0 Å². The van der Waals surface area contributed by atoms with Crippen LogP contribution in [-0.4, -0.2) is 0 Å². The summed E-state index contributed by atoms with van der Waals surface area (Å²) in [5.41, 5.74) is 17.2. The van der Waals surface area contributed by atoms with Crippen LogP contribution < -0.4 is 4.90 Å². The Bertz CT molecular complexity index is 2790. The maximum absolute atomic E-state index is 6.76. The zero-order valence-corrected chi connectivity index (χ0v) is 29.8. The van der Waals surface area contributed by atoms with Crippen molar-refractivity contribution in [1.29, 1.82) is 0 Å². The lowest BCUT2D eigenvalue weighted by Crippen LogP contribution is -2.17. The summed E-state index contributed by atoms with van der Waals surface area (Å²) in [5.74, 6) is 0. The summed E-state index contributed by atoms with van der Waals surface area (Å²) >= 11 is 0. The van der Waals surface area contributed by atoms with Crippen molar-refractivity contribution in [2.24, 2.45) is 0 Å². The first-order chi connectivity index (χ1) is 26.1. The fourth-order valence-corrected chi connectivity index (χ4v) is 8.50. The van der Waals surface area contributed by atoms with E-state index < -0.39 is 0 Å². The quantitative estimate of drug-likeness (QED) is 0.174. The first-order valence-corrected chi connectivity index (χ1v) is 18.4. The second-order valence-corrected chi connectivity index (χ2v) is 14.5. The largest absolute Gasteiger partial charge is 0.455 e. The van der Waals surface area contributed by atoms with Gasteiger partial charge in [0.1, 0.15) is 11.2 Å². The van der Waals surface area contributed by atoms with Gasteiger partial charge in [0.25, 0.3) is 0 Å². The molecule has 0 atom stereocenters. The molecular weight excluding hydrogens is 643 g/mol. The highest BCUT2D eigenvalue weighted by molar-refractivity contribution is 6.12. The van der Waals surface area contributed by atoms with Crippen LogP contribution in [0.3, 0.4) is 0 Å². The van der Waals surface area contributed by atoms with Gasteiger partial charge < -0.3 is 9.32 Å². The van der Waals surface area contributed by atoms with Gasteiger partial charge in [-0.15, -0.1) is 0 Å². The molecule has 0 radical (unpaired) electrons. The van der Waals surface area contributed by atoms with Crippen molar-refractivity contribution < 1.29 is 4.42 Å². The zero-order valence-electron chi connectivity index (χ0n) is 29.8. The molecule has 0 unspecified atom stereocenters. The lowest BCUT2D eigenvalue weighted by molar-refractivity contribution is 0.660. The van der Waals surface area contributed by atoms with Crippen molar-refractivity contribution in [1.82, 2.24) is 0 Å². The Kier molecular flexibility index (Phi) is 7.19. The van der Waals surface area contributed by atoms with E-state index in [9.17, 15) is 0 Å². The summed E-state index contributed by atoms with van der Waals surface area (Å²) < 4.78 is 6.76. The molecule has 53 heavy (non-hydrogen) atoms. The van der Waals surface area contributed by atoms with Crippen molar-refractivity contribution in [2.45, 2.75) is 19.3 Å². The van der Waals surface area contributed by atoms with Gasteiger partial charge >= 0.3 is 0 Å². The minimum atomic E-state index is -0.130. The Morgan fingerprint density at radius 3 is 1.85 bits per heavy atom. The molecule has 0 fully saturated rings. The molecule has 252 valence electrons. The van der Waals surface area contributed by atoms with Crippen LogP contribution in [0.15, 0.2) is 192 Å². The molecule has 1 aliphatic carbocycles. The van der Waals surface area contributed by atoms with Gasteiger partial charge in [-0.1, -0.05) is 166 Å². The second kappa shape index (κ2) is 12.3. The molecule has 9 aromatic rings. The number of benzene rings is 8. The van der Waals surface area contributed by atoms with Crippen LogP contribution in [0.25, 0.3) is 66.4 Å². The van der Waals surface area contributed by atoms with Crippen molar-refractivity contribution in [3.05, 3.63) is 199 Å². The maximum Gasteiger partial charge on any atom is 0.143 e. The highest BCUT2D eigenvalue weighted by Gasteiger charge is 2.36. The summed E-state index contributed by atoms with van der Waals surface area (Å²) in [6, 6.07) is 67.8. The number of hydrogen-bond donors (Lipinski definition) is 0. The summed E-state index contributed by atoms with van der Waals surface area (Å²) in [5, 5.41) is 2.23. The van der Waals surface area contributed by atoms with Gasteiger partial charge in [0.15, 0.2) is 0 Å². The van der Waals surface area contributed by atoms with Crippen molar-refractivity contribution in [2.75, 3.05) is 4.90 Å². The molecule has 0 amide bonds. The van der Waals surface area contributed by atoms with Gasteiger partial charge in [0.2, 0.25) is 0 Å². The normalized spacial score (nSPS) is 12.9. The smallest absolute Gasteiger partial charge is 0.143 e. The molecule has 0 aliphatic heterocycles. The highest BCUT2D eigenvalue weighted by atomic mass is 16.3. The van der Waals surface area contributed by atoms with E-state index in [1.807, 2.05) is 6.07 Å². The monoisotopic (exact) mass is 679 g/mol. The molecular formula is C51H37NO. The summed E-state index contributed by atoms with van der Waals surface area (Å²) in [4.78, 5) is 2.43. The topological polar surface area (TPSA) is 16.4 Å². The van der Waals surface area contributed by atoms with E-state index in [0.29, 0.717) is 0 Å². The number of para-hydroxylation sites is 3. The van der Waals surface area contributed by atoms with E-state index >= 15 is 0 Å². The molecule has 1 heterocycles. The number of anilines is 3. The molecule has 0 N–H and O–H groups in total. The van der Waals surface area contributed by atoms with Crippen molar-refractivity contribution >= 4 is 39.0 Å². The van der Waals surface area contributed by atoms with E-state index in [2.05, 4.69) is 201 Å². The number of rotatable bonds is 6. The first-order valence-electron chi connectivity index (χ1n) is 18.4. The third-order valence-electron chi connectivity index (χ3n) is 11.1. The van der Waals surface area contributed by atoms with Gasteiger partial charge in [-0.05, 0) is 80.9 Å². The predicted octanol–water partition coefficient (Wildman–Crippen LogP) is 14.4. The van der Waals surface area contributed by atoms with Crippen LogP contribution >= 0.6 is 0 Å². The number of fused-ring (bicyclic) bond motifs is 6. The van der Waals surface area contributed by atoms with E-state index in [0.717, 1.165) is 61.3 Å². The van der Waals surface area contributed by atoms with Gasteiger partial charge in [-0.2, -0.15) is 0 Å². The van der Waals surface area contributed by atoms with Crippen molar-refractivity contribution in [3.8, 4) is 44.5 Å². The lowest BCUT2D eigenvalue weighted by Gasteiger charge is -2.30. The number of nitrogens with zero attached hydrogens (tertiary/aromatic N) is 1.